The first-order valence-corrected chi connectivity index (χ1v) is 12.9. The Morgan fingerprint density at radius 2 is 1.19 bits per heavy atom. The molecule has 0 saturated heterocycles. The minimum Gasteiger partial charge on any atom is -0.501 e. The predicted octanol–water partition coefficient (Wildman–Crippen LogP) is 7.25. The van der Waals surface area contributed by atoms with Crippen LogP contribution in [-0.4, -0.2) is 27.1 Å². The van der Waals surface area contributed by atoms with Crippen LogP contribution in [0.1, 0.15) is 85.5 Å². The highest BCUT2D eigenvalue weighted by Gasteiger charge is 2.36. The fourth-order valence-electron chi connectivity index (χ4n) is 3.25. The van der Waals surface area contributed by atoms with Crippen LogP contribution in [0.4, 0.5) is 9.59 Å². The van der Waals surface area contributed by atoms with Gasteiger partial charge in [0, 0.05) is 0 Å². The molecule has 0 aromatic heterocycles. The Morgan fingerprint density at radius 1 is 0.692 bits per heavy atom. The van der Waals surface area contributed by atoms with Crippen molar-refractivity contribution in [3.05, 3.63) is 0 Å². The molecule has 0 spiro atoms. The Hall–Kier alpha value is -1.24. The lowest BCUT2D eigenvalue weighted by Crippen LogP contribution is -2.39. The maximum atomic E-state index is 12.0. The molecule has 7 heteroatoms. The molecule has 0 N–H and O–H groups in total. The van der Waals surface area contributed by atoms with Crippen LogP contribution in [0.5, 0.6) is 0 Å². The molecule has 0 rings (SSSR count). The Morgan fingerprint density at radius 3 is 1.73 bits per heavy atom. The third-order valence-electron chi connectivity index (χ3n) is 4.36. The van der Waals surface area contributed by atoms with E-state index in [1.54, 1.807) is 0 Å². The van der Waals surface area contributed by atoms with Crippen LogP contribution in [0.2, 0.25) is 18.1 Å². The van der Waals surface area contributed by atoms with Crippen molar-refractivity contribution in [3.63, 3.8) is 0 Å². The molecule has 0 heterocycles. The van der Waals surface area contributed by atoms with Crippen LogP contribution in [0.15, 0.2) is 10.2 Å². The minimum absolute atomic E-state index is 0.319. The molecule has 152 valence electrons. The lowest BCUT2D eigenvalue weighted by Gasteiger charge is -2.29. The summed E-state index contributed by atoms with van der Waals surface area (Å²) in [5, 5.41) is 6.77. The summed E-state index contributed by atoms with van der Waals surface area (Å²) in [7, 11) is -2.13. The highest BCUT2D eigenvalue weighted by molar-refractivity contribution is 6.75. The molecule has 0 bridgehead atoms. The second-order valence-corrected chi connectivity index (χ2v) is 11.0. The number of hydrogen-bond donors (Lipinski definition) is 0. The number of rotatable bonds is 14. The van der Waals surface area contributed by atoms with E-state index >= 15 is 0 Å². The smallest absolute Gasteiger partial charge is 0.452 e. The van der Waals surface area contributed by atoms with E-state index in [0.717, 1.165) is 56.7 Å². The number of amides is 2. The van der Waals surface area contributed by atoms with Crippen LogP contribution >= 0.6 is 0 Å². The first-order chi connectivity index (χ1) is 12.5. The van der Waals surface area contributed by atoms with Crippen molar-refractivity contribution in [2.75, 3.05) is 6.61 Å². The van der Waals surface area contributed by atoms with Gasteiger partial charge in [-0.1, -0.05) is 89.3 Å². The minimum atomic E-state index is -2.13. The molecule has 26 heavy (non-hydrogen) atoms. The quantitative estimate of drug-likeness (QED) is 0.179. The van der Waals surface area contributed by atoms with Gasteiger partial charge in [0.1, 0.15) is 0 Å². The molecule has 0 atom stereocenters. The zero-order chi connectivity index (χ0) is 19.7. The van der Waals surface area contributed by atoms with E-state index in [1.807, 2.05) is 0 Å². The number of hydrogen-bond acceptors (Lipinski definition) is 4. The topological polar surface area (TPSA) is 77.3 Å². The number of azo groups is 1. The molecule has 2 amide bonds. The number of ether oxygens (including phenoxy) is 1. The molecule has 0 radical (unpaired) electrons. The van der Waals surface area contributed by atoms with Crippen molar-refractivity contribution in [2.45, 2.75) is 104 Å². The van der Waals surface area contributed by atoms with Gasteiger partial charge >= 0.3 is 12.2 Å². The van der Waals surface area contributed by atoms with E-state index in [2.05, 4.69) is 37.9 Å². The summed E-state index contributed by atoms with van der Waals surface area (Å²) in [5.74, 6) is 0. The second-order valence-electron chi connectivity index (χ2n) is 6.88. The maximum absolute atomic E-state index is 12.0. The van der Waals surface area contributed by atoms with Crippen molar-refractivity contribution in [1.29, 1.82) is 0 Å². The molecule has 0 aliphatic heterocycles. The van der Waals surface area contributed by atoms with Gasteiger partial charge in [-0.3, -0.25) is 0 Å². The van der Waals surface area contributed by atoms with Gasteiger partial charge in [0.25, 0.3) is 8.32 Å². The molecule has 0 unspecified atom stereocenters. The number of nitrogens with zero attached hydrogens (tertiary/aromatic N) is 2. The summed E-state index contributed by atoms with van der Waals surface area (Å²) < 4.78 is 10.7. The van der Waals surface area contributed by atoms with Crippen LogP contribution in [0, 0.1) is 0 Å². The van der Waals surface area contributed by atoms with Crippen molar-refractivity contribution in [1.82, 2.24) is 0 Å². The Labute approximate surface area is 160 Å². The summed E-state index contributed by atoms with van der Waals surface area (Å²) >= 11 is 0. The lowest BCUT2D eigenvalue weighted by molar-refractivity contribution is 0.151. The Balaban J connectivity index is 4.26. The van der Waals surface area contributed by atoms with Gasteiger partial charge in [0.2, 0.25) is 0 Å². The molecule has 0 aliphatic carbocycles. The van der Waals surface area contributed by atoms with Crippen molar-refractivity contribution < 1.29 is 18.8 Å². The van der Waals surface area contributed by atoms with Gasteiger partial charge in [0.05, 0.1) is 6.61 Å². The van der Waals surface area contributed by atoms with E-state index in [9.17, 15) is 9.59 Å². The number of carbonyl (C=O) groups is 2. The molecule has 0 aromatic carbocycles. The summed E-state index contributed by atoms with van der Waals surface area (Å²) in [5.41, 5.74) is 0. The van der Waals surface area contributed by atoms with Gasteiger partial charge in [-0.05, 0) is 24.6 Å². The third kappa shape index (κ3) is 12.2. The fourth-order valence-corrected chi connectivity index (χ4v) is 7.45. The van der Waals surface area contributed by atoms with E-state index in [0.29, 0.717) is 6.61 Å². The molecular formula is C19H38N2O4Si. The van der Waals surface area contributed by atoms with Crippen LogP contribution < -0.4 is 0 Å². The van der Waals surface area contributed by atoms with Gasteiger partial charge < -0.3 is 9.16 Å². The number of unbranched alkanes of at least 4 members (excludes halogenated alkanes) is 5. The summed E-state index contributed by atoms with van der Waals surface area (Å²) in [6.45, 7) is 8.79. The van der Waals surface area contributed by atoms with E-state index in [1.165, 1.54) is 19.3 Å². The molecule has 0 aliphatic rings. The van der Waals surface area contributed by atoms with E-state index in [-0.39, 0.29) is 0 Å². The Kier molecular flexibility index (Phi) is 15.2. The zero-order valence-corrected chi connectivity index (χ0v) is 18.2. The largest absolute Gasteiger partial charge is 0.501 e. The summed E-state index contributed by atoms with van der Waals surface area (Å²) in [6.07, 6.45) is 8.06. The van der Waals surface area contributed by atoms with Crippen molar-refractivity contribution >= 4 is 20.5 Å². The fraction of sp³-hybridized carbons (Fsp3) is 0.895. The van der Waals surface area contributed by atoms with Gasteiger partial charge in [-0.15, -0.1) is 0 Å². The molecule has 0 aromatic rings. The average molecular weight is 387 g/mol. The maximum Gasteiger partial charge on any atom is 0.452 e. The van der Waals surface area contributed by atoms with Gasteiger partial charge in [-0.25, -0.2) is 9.59 Å². The van der Waals surface area contributed by atoms with Crippen molar-refractivity contribution in [3.8, 4) is 0 Å². The highest BCUT2D eigenvalue weighted by atomic mass is 28.4. The predicted molar refractivity (Wildman–Crippen MR) is 107 cm³/mol. The molecule has 0 fully saturated rings. The van der Waals surface area contributed by atoms with Crippen molar-refractivity contribution in [2.24, 2.45) is 10.2 Å². The molecular weight excluding hydrogens is 348 g/mol. The molecule has 6 nitrogen and oxygen atoms in total. The van der Waals surface area contributed by atoms with Crippen LogP contribution in [-0.2, 0) is 9.16 Å². The van der Waals surface area contributed by atoms with E-state index < -0.39 is 20.5 Å². The summed E-state index contributed by atoms with van der Waals surface area (Å²) in [4.78, 5) is 23.6. The SMILES string of the molecule is CCCCCCCCOC(=O)N=NC(=O)O[Si](CCC)(CCC)CCC. The highest BCUT2D eigenvalue weighted by Crippen LogP contribution is 2.28. The average Bonchev–Trinajstić information content (AvgIpc) is 2.60. The van der Waals surface area contributed by atoms with Crippen LogP contribution in [0.3, 0.4) is 0 Å². The Bertz CT molecular complexity index is 399. The third-order valence-corrected chi connectivity index (χ3v) is 9.20. The first kappa shape index (κ1) is 24.8. The van der Waals surface area contributed by atoms with Crippen LogP contribution in [0.25, 0.3) is 0 Å². The lowest BCUT2D eigenvalue weighted by atomic mass is 10.1. The molecule has 0 saturated carbocycles. The normalized spacial score (nSPS) is 11.7. The zero-order valence-electron chi connectivity index (χ0n) is 17.2. The summed E-state index contributed by atoms with van der Waals surface area (Å²) in [6, 6.07) is 2.79. The van der Waals surface area contributed by atoms with Gasteiger partial charge in [0.15, 0.2) is 0 Å². The monoisotopic (exact) mass is 386 g/mol. The van der Waals surface area contributed by atoms with Gasteiger partial charge in [-0.2, -0.15) is 0 Å². The van der Waals surface area contributed by atoms with E-state index in [4.69, 9.17) is 9.16 Å². The standard InChI is InChI=1S/C19H38N2O4Si/c1-5-9-10-11-12-13-14-24-18(22)20-21-19(23)25-26(15-6-2,16-7-3)17-8-4/h5-17H2,1-4H3. The number of carbonyl (C=O) groups excluding carboxylic acids is 2. The second kappa shape index (κ2) is 16.0. The first-order valence-electron chi connectivity index (χ1n) is 10.3.